The number of para-hydroxylation sites is 1. The number of rotatable bonds is 1. The summed E-state index contributed by atoms with van der Waals surface area (Å²) in [6.07, 6.45) is 1.20. The minimum atomic E-state index is 0.712. The number of nitriles is 1. The van der Waals surface area contributed by atoms with Crippen LogP contribution in [0.15, 0.2) is 30.3 Å². The highest BCUT2D eigenvalue weighted by Crippen LogP contribution is 2.26. The van der Waals surface area contributed by atoms with Gasteiger partial charge in [-0.15, -0.1) is 0 Å². The van der Waals surface area contributed by atoms with Gasteiger partial charge in [-0.25, -0.2) is 4.98 Å². The van der Waals surface area contributed by atoms with Crippen LogP contribution >= 0.6 is 0 Å². The van der Waals surface area contributed by atoms with Gasteiger partial charge in [0.15, 0.2) is 0 Å². The minimum absolute atomic E-state index is 0.712. The Balaban J connectivity index is 2.11. The normalized spacial score (nSPS) is 19.1. The molecule has 0 amide bonds. The third-order valence-electron chi connectivity index (χ3n) is 3.57. The Morgan fingerprint density at radius 2 is 2.22 bits per heavy atom. The van der Waals surface area contributed by atoms with Crippen LogP contribution in [0.4, 0.5) is 5.82 Å². The van der Waals surface area contributed by atoms with Gasteiger partial charge in [0.1, 0.15) is 5.82 Å². The molecule has 1 unspecified atom stereocenters. The number of pyridine rings is 1. The number of anilines is 1. The van der Waals surface area contributed by atoms with E-state index >= 15 is 0 Å². The van der Waals surface area contributed by atoms with Crippen molar-refractivity contribution in [3.8, 4) is 6.07 Å². The van der Waals surface area contributed by atoms with Crippen LogP contribution < -0.4 is 4.90 Å². The van der Waals surface area contributed by atoms with E-state index in [1.165, 1.54) is 6.42 Å². The van der Waals surface area contributed by atoms with E-state index in [1.807, 2.05) is 30.3 Å². The lowest BCUT2D eigenvalue weighted by Gasteiger charge is -2.17. The Morgan fingerprint density at radius 1 is 1.39 bits per heavy atom. The van der Waals surface area contributed by atoms with Crippen molar-refractivity contribution in [2.75, 3.05) is 18.0 Å². The molecule has 1 aliphatic heterocycles. The van der Waals surface area contributed by atoms with Gasteiger partial charge in [0.2, 0.25) is 0 Å². The molecule has 1 atom stereocenters. The lowest BCUT2D eigenvalue weighted by molar-refractivity contribution is 0.659. The van der Waals surface area contributed by atoms with Crippen molar-refractivity contribution >= 4 is 16.7 Å². The lowest BCUT2D eigenvalue weighted by Crippen LogP contribution is -2.20. The minimum Gasteiger partial charge on any atom is -0.356 e. The van der Waals surface area contributed by atoms with Crippen LogP contribution in [0.25, 0.3) is 10.9 Å². The summed E-state index contributed by atoms with van der Waals surface area (Å²) in [5.74, 6) is 1.65. The van der Waals surface area contributed by atoms with Crippen molar-refractivity contribution in [3.05, 3.63) is 35.9 Å². The highest BCUT2D eigenvalue weighted by atomic mass is 15.2. The average molecular weight is 237 g/mol. The van der Waals surface area contributed by atoms with Gasteiger partial charge in [-0.05, 0) is 24.5 Å². The molecule has 2 heterocycles. The molecule has 1 aromatic heterocycles. The molecule has 1 saturated heterocycles. The standard InChI is InChI=1S/C15H15N3/c1-11-6-7-18(10-11)15-8-12(9-16)13-4-2-3-5-14(13)17-15/h2-5,8,11H,6-7,10H2,1H3. The predicted molar refractivity (Wildman–Crippen MR) is 72.5 cm³/mol. The first kappa shape index (κ1) is 11.0. The zero-order valence-electron chi connectivity index (χ0n) is 10.4. The molecule has 1 fully saturated rings. The van der Waals surface area contributed by atoms with Crippen LogP contribution in [0.1, 0.15) is 18.9 Å². The molecule has 3 rings (SSSR count). The van der Waals surface area contributed by atoms with Crippen LogP contribution in [0.3, 0.4) is 0 Å². The van der Waals surface area contributed by atoms with Gasteiger partial charge in [0, 0.05) is 18.5 Å². The van der Waals surface area contributed by atoms with Gasteiger partial charge in [0.25, 0.3) is 0 Å². The van der Waals surface area contributed by atoms with E-state index in [9.17, 15) is 5.26 Å². The largest absolute Gasteiger partial charge is 0.356 e. The number of nitrogens with zero attached hydrogens (tertiary/aromatic N) is 3. The summed E-state index contributed by atoms with van der Waals surface area (Å²) in [5.41, 5.74) is 1.63. The second-order valence-electron chi connectivity index (χ2n) is 5.00. The van der Waals surface area contributed by atoms with Crippen LogP contribution in [0.5, 0.6) is 0 Å². The highest BCUT2D eigenvalue weighted by Gasteiger charge is 2.20. The molecule has 0 radical (unpaired) electrons. The van der Waals surface area contributed by atoms with E-state index in [1.54, 1.807) is 0 Å². The Morgan fingerprint density at radius 3 is 2.94 bits per heavy atom. The molecule has 90 valence electrons. The van der Waals surface area contributed by atoms with E-state index in [2.05, 4.69) is 22.9 Å². The van der Waals surface area contributed by atoms with E-state index in [-0.39, 0.29) is 0 Å². The topological polar surface area (TPSA) is 39.9 Å². The molecule has 0 saturated carbocycles. The van der Waals surface area contributed by atoms with E-state index < -0.39 is 0 Å². The summed E-state index contributed by atoms with van der Waals surface area (Å²) < 4.78 is 0. The second-order valence-corrected chi connectivity index (χ2v) is 5.00. The third-order valence-corrected chi connectivity index (χ3v) is 3.57. The summed E-state index contributed by atoms with van der Waals surface area (Å²) in [6, 6.07) is 12.0. The molecule has 0 N–H and O–H groups in total. The number of hydrogen-bond acceptors (Lipinski definition) is 3. The number of fused-ring (bicyclic) bond motifs is 1. The smallest absolute Gasteiger partial charge is 0.130 e. The van der Waals surface area contributed by atoms with Crippen LogP contribution in [0.2, 0.25) is 0 Å². The maximum Gasteiger partial charge on any atom is 0.130 e. The van der Waals surface area contributed by atoms with Gasteiger partial charge in [-0.3, -0.25) is 0 Å². The van der Waals surface area contributed by atoms with E-state index in [0.29, 0.717) is 5.92 Å². The van der Waals surface area contributed by atoms with Crippen molar-refractivity contribution in [2.45, 2.75) is 13.3 Å². The molecule has 3 heteroatoms. The molecule has 1 aromatic carbocycles. The maximum atomic E-state index is 9.26. The lowest BCUT2D eigenvalue weighted by atomic mass is 10.1. The van der Waals surface area contributed by atoms with Crippen LogP contribution in [-0.2, 0) is 0 Å². The summed E-state index contributed by atoms with van der Waals surface area (Å²) in [7, 11) is 0. The van der Waals surface area contributed by atoms with Crippen molar-refractivity contribution < 1.29 is 0 Å². The first-order chi connectivity index (χ1) is 8.78. The quantitative estimate of drug-likeness (QED) is 0.765. The molecular weight excluding hydrogens is 222 g/mol. The summed E-state index contributed by atoms with van der Waals surface area (Å²) in [4.78, 5) is 6.95. The SMILES string of the molecule is CC1CCN(c2cc(C#N)c3ccccc3n2)C1. The van der Waals surface area contributed by atoms with Gasteiger partial charge in [-0.1, -0.05) is 25.1 Å². The van der Waals surface area contributed by atoms with Crippen LogP contribution in [0, 0.1) is 17.2 Å². The molecule has 0 bridgehead atoms. The zero-order chi connectivity index (χ0) is 12.5. The summed E-state index contributed by atoms with van der Waals surface area (Å²) in [5, 5.41) is 10.2. The monoisotopic (exact) mass is 237 g/mol. The van der Waals surface area contributed by atoms with Crippen LogP contribution in [-0.4, -0.2) is 18.1 Å². The molecule has 18 heavy (non-hydrogen) atoms. The average Bonchev–Trinajstić information content (AvgIpc) is 2.84. The van der Waals surface area contributed by atoms with Crippen molar-refractivity contribution in [2.24, 2.45) is 5.92 Å². The third kappa shape index (κ3) is 1.80. The van der Waals surface area contributed by atoms with E-state index in [0.717, 1.165) is 35.4 Å². The molecule has 1 aliphatic rings. The van der Waals surface area contributed by atoms with E-state index in [4.69, 9.17) is 0 Å². The van der Waals surface area contributed by atoms with Crippen molar-refractivity contribution in [3.63, 3.8) is 0 Å². The Kier molecular flexibility index (Phi) is 2.64. The van der Waals surface area contributed by atoms with Crippen molar-refractivity contribution in [1.29, 1.82) is 5.26 Å². The Bertz CT molecular complexity index is 627. The summed E-state index contributed by atoms with van der Waals surface area (Å²) >= 11 is 0. The molecule has 2 aromatic rings. The van der Waals surface area contributed by atoms with Gasteiger partial charge >= 0.3 is 0 Å². The molecule has 0 spiro atoms. The summed E-state index contributed by atoms with van der Waals surface area (Å²) in [6.45, 7) is 4.33. The Labute approximate surface area is 107 Å². The van der Waals surface area contributed by atoms with Crippen molar-refractivity contribution in [1.82, 2.24) is 4.98 Å². The first-order valence-electron chi connectivity index (χ1n) is 6.33. The fourth-order valence-electron chi connectivity index (χ4n) is 2.56. The first-order valence-corrected chi connectivity index (χ1v) is 6.33. The second kappa shape index (κ2) is 4.30. The predicted octanol–water partition coefficient (Wildman–Crippen LogP) is 2.95. The molecular formula is C15H15N3. The fraction of sp³-hybridized carbons (Fsp3) is 0.333. The highest BCUT2D eigenvalue weighted by molar-refractivity contribution is 5.86. The van der Waals surface area contributed by atoms with Gasteiger partial charge in [0.05, 0.1) is 17.1 Å². The maximum absolute atomic E-state index is 9.26. The molecule has 0 aliphatic carbocycles. The zero-order valence-corrected chi connectivity index (χ0v) is 10.4. The van der Waals surface area contributed by atoms with Gasteiger partial charge in [-0.2, -0.15) is 5.26 Å². The fourth-order valence-corrected chi connectivity index (χ4v) is 2.56. The molecule has 3 nitrogen and oxygen atoms in total. The number of aromatic nitrogens is 1. The number of hydrogen-bond donors (Lipinski definition) is 0. The Hall–Kier alpha value is -2.08. The van der Waals surface area contributed by atoms with Gasteiger partial charge < -0.3 is 4.90 Å². The number of benzene rings is 1.